The van der Waals surface area contributed by atoms with E-state index in [0.29, 0.717) is 24.7 Å². The fraction of sp³-hybridized carbons (Fsp3) is 0.529. The van der Waals surface area contributed by atoms with Crippen molar-refractivity contribution in [3.63, 3.8) is 0 Å². The molecule has 2 atom stereocenters. The summed E-state index contributed by atoms with van der Waals surface area (Å²) in [6, 6.07) is 5.36. The van der Waals surface area contributed by atoms with Crippen molar-refractivity contribution < 1.29 is 28.5 Å². The van der Waals surface area contributed by atoms with Crippen molar-refractivity contribution >= 4 is 11.9 Å². The molecule has 3 rings (SSSR count). The first-order chi connectivity index (χ1) is 10.9. The summed E-state index contributed by atoms with van der Waals surface area (Å²) in [4.78, 5) is 24.1. The lowest BCUT2D eigenvalue weighted by atomic mass is 9.89. The van der Waals surface area contributed by atoms with Gasteiger partial charge in [0.25, 0.3) is 0 Å². The van der Waals surface area contributed by atoms with E-state index in [4.69, 9.17) is 18.9 Å². The van der Waals surface area contributed by atoms with Gasteiger partial charge < -0.3 is 18.9 Å². The van der Waals surface area contributed by atoms with Crippen LogP contribution < -0.4 is 9.47 Å². The van der Waals surface area contributed by atoms with Crippen LogP contribution in [0.15, 0.2) is 18.2 Å². The molecule has 2 heterocycles. The van der Waals surface area contributed by atoms with Gasteiger partial charge in [-0.15, -0.1) is 0 Å². The molecule has 0 aromatic heterocycles. The van der Waals surface area contributed by atoms with Crippen molar-refractivity contribution in [1.29, 1.82) is 0 Å². The zero-order valence-electron chi connectivity index (χ0n) is 13.5. The number of fused-ring (bicyclic) bond motifs is 1. The second-order valence-corrected chi connectivity index (χ2v) is 6.54. The maximum Gasteiger partial charge on any atom is 0.348 e. The smallest absolute Gasteiger partial charge is 0.348 e. The van der Waals surface area contributed by atoms with Crippen molar-refractivity contribution in [2.24, 2.45) is 5.41 Å². The molecule has 124 valence electrons. The number of carbonyl (C=O) groups is 2. The van der Waals surface area contributed by atoms with Crippen molar-refractivity contribution in [2.45, 2.75) is 32.8 Å². The molecule has 6 nitrogen and oxygen atoms in total. The molecule has 2 aliphatic heterocycles. The van der Waals surface area contributed by atoms with E-state index in [9.17, 15) is 9.59 Å². The third-order valence-electron chi connectivity index (χ3n) is 4.16. The maximum atomic E-state index is 12.4. The van der Waals surface area contributed by atoms with E-state index in [0.717, 1.165) is 5.56 Å². The molecule has 0 radical (unpaired) electrons. The fourth-order valence-electron chi connectivity index (χ4n) is 2.62. The summed E-state index contributed by atoms with van der Waals surface area (Å²) in [5, 5.41) is 0. The normalized spacial score (nSPS) is 23.1. The lowest BCUT2D eigenvalue weighted by Crippen LogP contribution is -2.36. The van der Waals surface area contributed by atoms with Gasteiger partial charge in [-0.05, 0) is 24.6 Å². The minimum absolute atomic E-state index is 0.252. The molecule has 0 N–H and O–H groups in total. The van der Waals surface area contributed by atoms with Gasteiger partial charge in [0.05, 0.1) is 5.92 Å². The molecular weight excluding hydrogens is 300 g/mol. The fourth-order valence-corrected chi connectivity index (χ4v) is 2.62. The summed E-state index contributed by atoms with van der Waals surface area (Å²) >= 11 is 0. The predicted octanol–water partition coefficient (Wildman–Crippen LogP) is 2.06. The van der Waals surface area contributed by atoms with E-state index >= 15 is 0 Å². The Morgan fingerprint density at radius 3 is 2.57 bits per heavy atom. The predicted molar refractivity (Wildman–Crippen MR) is 80.5 cm³/mol. The van der Waals surface area contributed by atoms with Crippen LogP contribution in [0.3, 0.4) is 0 Å². The Morgan fingerprint density at radius 2 is 1.91 bits per heavy atom. The summed E-state index contributed by atoms with van der Waals surface area (Å²) in [5.41, 5.74) is 0.239. The van der Waals surface area contributed by atoms with E-state index in [-0.39, 0.29) is 6.61 Å². The van der Waals surface area contributed by atoms with Crippen LogP contribution in [-0.4, -0.2) is 37.9 Å². The average molecular weight is 320 g/mol. The number of ether oxygens (including phenoxy) is 4. The molecule has 0 saturated carbocycles. The molecule has 0 spiro atoms. The van der Waals surface area contributed by atoms with E-state index in [2.05, 4.69) is 0 Å². The zero-order valence-corrected chi connectivity index (χ0v) is 13.5. The molecular formula is C17H20O6. The average Bonchev–Trinajstić information content (AvgIpc) is 2.80. The van der Waals surface area contributed by atoms with Crippen LogP contribution in [0.1, 0.15) is 32.3 Å². The Bertz CT molecular complexity index is 636. The van der Waals surface area contributed by atoms with Gasteiger partial charge in [0, 0.05) is 5.41 Å². The number of esters is 2. The van der Waals surface area contributed by atoms with Crippen LogP contribution in [0.5, 0.6) is 11.5 Å². The SMILES string of the molecule is C[C@H](C(=O)O[C@H]1C(=O)OCC1(C)C)c1ccc2c(c1)OCCO2. The van der Waals surface area contributed by atoms with Crippen LogP contribution in [0.25, 0.3) is 0 Å². The van der Waals surface area contributed by atoms with Gasteiger partial charge in [-0.2, -0.15) is 0 Å². The van der Waals surface area contributed by atoms with Crippen molar-refractivity contribution in [1.82, 2.24) is 0 Å². The largest absolute Gasteiger partial charge is 0.486 e. The summed E-state index contributed by atoms with van der Waals surface area (Å²) in [6.45, 7) is 6.67. The van der Waals surface area contributed by atoms with Gasteiger partial charge in [-0.3, -0.25) is 4.79 Å². The van der Waals surface area contributed by atoms with Crippen LogP contribution in [0.2, 0.25) is 0 Å². The number of hydrogen-bond acceptors (Lipinski definition) is 6. The third-order valence-corrected chi connectivity index (χ3v) is 4.16. The Labute approximate surface area is 134 Å². The van der Waals surface area contributed by atoms with Crippen molar-refractivity contribution in [2.75, 3.05) is 19.8 Å². The minimum atomic E-state index is -0.866. The first kappa shape index (κ1) is 15.6. The second-order valence-electron chi connectivity index (χ2n) is 6.54. The van der Waals surface area contributed by atoms with E-state index in [1.807, 2.05) is 13.8 Å². The number of cyclic esters (lactones) is 1. The Kier molecular flexibility index (Phi) is 3.92. The van der Waals surface area contributed by atoms with Crippen molar-refractivity contribution in [3.05, 3.63) is 23.8 Å². The first-order valence-corrected chi connectivity index (χ1v) is 7.65. The summed E-state index contributed by atoms with van der Waals surface area (Å²) in [5.74, 6) is -0.179. The molecule has 0 unspecified atom stereocenters. The van der Waals surface area contributed by atoms with Gasteiger partial charge in [0.15, 0.2) is 11.5 Å². The van der Waals surface area contributed by atoms with E-state index in [1.165, 1.54) is 0 Å². The number of hydrogen-bond donors (Lipinski definition) is 0. The van der Waals surface area contributed by atoms with Gasteiger partial charge >= 0.3 is 11.9 Å². The Morgan fingerprint density at radius 1 is 1.22 bits per heavy atom. The molecule has 6 heteroatoms. The molecule has 23 heavy (non-hydrogen) atoms. The third kappa shape index (κ3) is 2.98. The quantitative estimate of drug-likeness (QED) is 0.794. The van der Waals surface area contributed by atoms with Gasteiger partial charge in [0.2, 0.25) is 6.10 Å². The first-order valence-electron chi connectivity index (χ1n) is 7.65. The number of rotatable bonds is 3. The van der Waals surface area contributed by atoms with Gasteiger partial charge in [-0.25, -0.2) is 4.79 Å². The van der Waals surface area contributed by atoms with Crippen LogP contribution >= 0.6 is 0 Å². The summed E-state index contributed by atoms with van der Waals surface area (Å²) in [7, 11) is 0. The molecule has 2 aliphatic rings. The molecule has 0 aliphatic carbocycles. The summed E-state index contributed by atoms with van der Waals surface area (Å²) in [6.07, 6.45) is -0.866. The van der Waals surface area contributed by atoms with Gasteiger partial charge in [0.1, 0.15) is 19.8 Å². The van der Waals surface area contributed by atoms with E-state index < -0.39 is 29.4 Å². The summed E-state index contributed by atoms with van der Waals surface area (Å²) < 4.78 is 21.4. The molecule has 0 bridgehead atoms. The van der Waals surface area contributed by atoms with Crippen molar-refractivity contribution in [3.8, 4) is 11.5 Å². The topological polar surface area (TPSA) is 71.1 Å². The number of benzene rings is 1. The van der Waals surface area contributed by atoms with Crippen LogP contribution in [0, 0.1) is 5.41 Å². The highest BCUT2D eigenvalue weighted by Gasteiger charge is 2.47. The molecule has 1 aromatic rings. The number of carbonyl (C=O) groups excluding carboxylic acids is 2. The van der Waals surface area contributed by atoms with Gasteiger partial charge in [-0.1, -0.05) is 19.9 Å². The van der Waals surface area contributed by atoms with Crippen LogP contribution in [0.4, 0.5) is 0 Å². The Balaban J connectivity index is 1.73. The minimum Gasteiger partial charge on any atom is -0.486 e. The monoisotopic (exact) mass is 320 g/mol. The highest BCUT2D eigenvalue weighted by molar-refractivity contribution is 5.84. The maximum absolute atomic E-state index is 12.4. The second kappa shape index (κ2) is 5.76. The molecule has 0 amide bonds. The lowest BCUT2D eigenvalue weighted by Gasteiger charge is -2.24. The molecule has 1 aromatic carbocycles. The Hall–Kier alpha value is -2.24. The van der Waals surface area contributed by atoms with Crippen LogP contribution in [-0.2, 0) is 19.1 Å². The molecule has 1 saturated heterocycles. The molecule has 1 fully saturated rings. The van der Waals surface area contributed by atoms with E-state index in [1.54, 1.807) is 25.1 Å². The highest BCUT2D eigenvalue weighted by Crippen LogP contribution is 2.35. The lowest BCUT2D eigenvalue weighted by molar-refractivity contribution is -0.164. The zero-order chi connectivity index (χ0) is 16.6. The highest BCUT2D eigenvalue weighted by atomic mass is 16.6. The standard InChI is InChI=1S/C17H20O6/c1-10(11-4-5-12-13(8-11)21-7-6-20-12)15(18)23-14-16(19)22-9-17(14,2)3/h4-5,8,10,14H,6-7,9H2,1-3H3/t10-,14-/m0/s1.